The maximum atomic E-state index is 11.7. The molecule has 1 atom stereocenters. The first kappa shape index (κ1) is 18.0. The van der Waals surface area contributed by atoms with Crippen molar-refractivity contribution in [3.05, 3.63) is 84.4 Å². The Morgan fingerprint density at radius 3 is 2.29 bits per heavy atom. The summed E-state index contributed by atoms with van der Waals surface area (Å²) in [6.07, 6.45) is 0.497. The van der Waals surface area contributed by atoms with E-state index in [1.54, 1.807) is 0 Å². The van der Waals surface area contributed by atoms with Gasteiger partial charge < -0.3 is 15.5 Å². The number of carbonyl (C=O) groups excluding carboxylic acids is 1. The van der Waals surface area contributed by atoms with Gasteiger partial charge in [0.1, 0.15) is 17.3 Å². The normalized spacial score (nSPS) is 12.1. The number of fused-ring (bicyclic) bond motifs is 1. The molecule has 0 bridgehead atoms. The molecule has 4 nitrogen and oxygen atoms in total. The van der Waals surface area contributed by atoms with E-state index in [1.807, 2.05) is 72.8 Å². The first-order valence-electron chi connectivity index (χ1n) is 9.31. The minimum atomic E-state index is -0.515. The average Bonchev–Trinajstić information content (AvgIpc) is 3.08. The molecule has 3 N–H and O–H groups in total. The van der Waals surface area contributed by atoms with E-state index in [2.05, 4.69) is 11.1 Å². The second-order valence-electron chi connectivity index (χ2n) is 6.88. The number of carbonyl (C=O) groups is 1. The number of nitrogens with two attached hydrogens (primary N) is 1. The number of para-hydroxylation sites is 2. The van der Waals surface area contributed by atoms with Crippen molar-refractivity contribution in [3.63, 3.8) is 0 Å². The molecule has 1 unspecified atom stereocenters. The van der Waals surface area contributed by atoms with Crippen LogP contribution in [-0.2, 0) is 11.2 Å². The number of hydrogen-bond acceptors (Lipinski definition) is 3. The van der Waals surface area contributed by atoms with Gasteiger partial charge in [-0.25, -0.2) is 0 Å². The van der Waals surface area contributed by atoms with Crippen molar-refractivity contribution in [2.24, 2.45) is 5.73 Å². The number of rotatable bonds is 6. The van der Waals surface area contributed by atoms with Gasteiger partial charge in [-0.3, -0.25) is 4.79 Å². The van der Waals surface area contributed by atoms with Gasteiger partial charge in [0.2, 0.25) is 0 Å². The highest BCUT2D eigenvalue weighted by Gasteiger charge is 2.18. The van der Waals surface area contributed by atoms with Gasteiger partial charge in [0.15, 0.2) is 0 Å². The lowest BCUT2D eigenvalue weighted by molar-refractivity contribution is -0.118. The van der Waals surface area contributed by atoms with Crippen molar-refractivity contribution < 1.29 is 9.53 Å². The van der Waals surface area contributed by atoms with Gasteiger partial charge in [-0.2, -0.15) is 0 Å². The van der Waals surface area contributed by atoms with E-state index >= 15 is 0 Å². The van der Waals surface area contributed by atoms with Crippen LogP contribution in [0.5, 0.6) is 11.5 Å². The van der Waals surface area contributed by atoms with Crippen molar-refractivity contribution in [1.29, 1.82) is 0 Å². The van der Waals surface area contributed by atoms with Crippen LogP contribution in [0.4, 0.5) is 0 Å². The zero-order valence-corrected chi connectivity index (χ0v) is 15.7. The first-order valence-corrected chi connectivity index (χ1v) is 9.31. The number of aromatic nitrogens is 1. The van der Waals surface area contributed by atoms with Crippen molar-refractivity contribution in [1.82, 2.24) is 4.98 Å². The number of benzene rings is 3. The lowest BCUT2D eigenvalue weighted by Crippen LogP contribution is -2.30. The average molecular weight is 370 g/mol. The Kier molecular flexibility index (Phi) is 4.96. The molecule has 0 saturated carbocycles. The maximum Gasteiger partial charge on any atom is 0.146 e. The molecule has 0 aliphatic rings. The molecule has 0 fully saturated rings. The summed E-state index contributed by atoms with van der Waals surface area (Å²) >= 11 is 0. The van der Waals surface area contributed by atoms with Crippen LogP contribution in [0.2, 0.25) is 0 Å². The van der Waals surface area contributed by atoms with E-state index in [4.69, 9.17) is 10.5 Å². The van der Waals surface area contributed by atoms with Gasteiger partial charge in [0, 0.05) is 16.6 Å². The van der Waals surface area contributed by atoms with Gasteiger partial charge in [-0.1, -0.05) is 36.4 Å². The Morgan fingerprint density at radius 1 is 0.929 bits per heavy atom. The number of hydrogen-bond donors (Lipinski definition) is 2. The molecule has 0 aliphatic heterocycles. The highest BCUT2D eigenvalue weighted by atomic mass is 16.5. The monoisotopic (exact) mass is 370 g/mol. The summed E-state index contributed by atoms with van der Waals surface area (Å²) in [5.41, 5.74) is 10.2. The Morgan fingerprint density at radius 2 is 1.57 bits per heavy atom. The van der Waals surface area contributed by atoms with Crippen LogP contribution in [0, 0.1) is 0 Å². The third-order valence-electron chi connectivity index (χ3n) is 4.88. The molecular formula is C24H22N2O2. The van der Waals surface area contributed by atoms with Crippen LogP contribution in [0.15, 0.2) is 78.9 Å². The van der Waals surface area contributed by atoms with E-state index in [-0.39, 0.29) is 5.78 Å². The molecule has 0 spiro atoms. The molecule has 140 valence electrons. The highest BCUT2D eigenvalue weighted by molar-refractivity contribution is 5.92. The van der Waals surface area contributed by atoms with Crippen LogP contribution < -0.4 is 10.5 Å². The molecule has 1 heterocycles. The summed E-state index contributed by atoms with van der Waals surface area (Å²) in [5, 5.41) is 1.10. The van der Waals surface area contributed by atoms with Gasteiger partial charge in [0.25, 0.3) is 0 Å². The van der Waals surface area contributed by atoms with Gasteiger partial charge in [0.05, 0.1) is 6.04 Å². The van der Waals surface area contributed by atoms with Crippen molar-refractivity contribution in [3.8, 4) is 22.8 Å². The van der Waals surface area contributed by atoms with Crippen LogP contribution in [0.25, 0.3) is 22.2 Å². The SMILES string of the molecule is CC(=O)C(N)Cc1c(-c2ccc(Oc3ccccc3)cc2)[nH]c2ccccc12. The zero-order chi connectivity index (χ0) is 19.5. The molecule has 0 saturated heterocycles. The van der Waals surface area contributed by atoms with Gasteiger partial charge in [-0.15, -0.1) is 0 Å². The summed E-state index contributed by atoms with van der Waals surface area (Å²) in [6.45, 7) is 1.54. The number of ketones is 1. The second-order valence-corrected chi connectivity index (χ2v) is 6.88. The molecule has 3 aromatic carbocycles. The Labute approximate surface area is 164 Å². The van der Waals surface area contributed by atoms with Crippen molar-refractivity contribution in [2.45, 2.75) is 19.4 Å². The highest BCUT2D eigenvalue weighted by Crippen LogP contribution is 2.33. The van der Waals surface area contributed by atoms with E-state index < -0.39 is 6.04 Å². The molecule has 28 heavy (non-hydrogen) atoms. The topological polar surface area (TPSA) is 68.1 Å². The third kappa shape index (κ3) is 3.68. The van der Waals surface area contributed by atoms with E-state index in [0.717, 1.165) is 39.2 Å². The Hall–Kier alpha value is -3.37. The zero-order valence-electron chi connectivity index (χ0n) is 15.7. The van der Waals surface area contributed by atoms with E-state index in [9.17, 15) is 4.79 Å². The summed E-state index contributed by atoms with van der Waals surface area (Å²) in [4.78, 5) is 15.2. The lowest BCUT2D eigenvalue weighted by atomic mass is 9.97. The smallest absolute Gasteiger partial charge is 0.146 e. The molecule has 0 amide bonds. The second kappa shape index (κ2) is 7.71. The molecule has 0 aliphatic carbocycles. The van der Waals surface area contributed by atoms with E-state index in [1.165, 1.54) is 6.92 Å². The van der Waals surface area contributed by atoms with Crippen LogP contribution >= 0.6 is 0 Å². The molecule has 4 heteroatoms. The summed E-state index contributed by atoms with van der Waals surface area (Å²) in [7, 11) is 0. The van der Waals surface area contributed by atoms with Crippen molar-refractivity contribution >= 4 is 16.7 Å². The minimum absolute atomic E-state index is 0.0113. The number of ether oxygens (including phenoxy) is 1. The number of nitrogens with one attached hydrogen (secondary N) is 1. The fourth-order valence-electron chi connectivity index (χ4n) is 3.34. The molecule has 4 aromatic rings. The standard InChI is InChI=1S/C24H22N2O2/c1-16(27)22(25)15-21-20-9-5-6-10-23(20)26-24(21)17-11-13-19(14-12-17)28-18-7-3-2-4-8-18/h2-14,22,26H,15,25H2,1H3. The van der Waals surface area contributed by atoms with Gasteiger partial charge >= 0.3 is 0 Å². The predicted octanol–water partition coefficient (Wildman–Crippen LogP) is 5.09. The molecule has 4 rings (SSSR count). The molecule has 1 aromatic heterocycles. The number of H-pyrrole nitrogens is 1. The summed E-state index contributed by atoms with van der Waals surface area (Å²) in [5.74, 6) is 1.56. The number of Topliss-reactive ketones (excluding diaryl/α,β-unsaturated/α-hetero) is 1. The van der Waals surface area contributed by atoms with Crippen LogP contribution in [-0.4, -0.2) is 16.8 Å². The Balaban J connectivity index is 1.69. The lowest BCUT2D eigenvalue weighted by Gasteiger charge is -2.11. The summed E-state index contributed by atoms with van der Waals surface area (Å²) < 4.78 is 5.88. The number of aromatic amines is 1. The fourth-order valence-corrected chi connectivity index (χ4v) is 3.34. The maximum absolute atomic E-state index is 11.7. The molecule has 0 radical (unpaired) electrons. The molecular weight excluding hydrogens is 348 g/mol. The van der Waals surface area contributed by atoms with Crippen LogP contribution in [0.1, 0.15) is 12.5 Å². The first-order chi connectivity index (χ1) is 13.6. The van der Waals surface area contributed by atoms with Crippen molar-refractivity contribution in [2.75, 3.05) is 0 Å². The van der Waals surface area contributed by atoms with Gasteiger partial charge in [-0.05, 0) is 66.9 Å². The minimum Gasteiger partial charge on any atom is -0.457 e. The van der Waals surface area contributed by atoms with Crippen LogP contribution in [0.3, 0.4) is 0 Å². The largest absolute Gasteiger partial charge is 0.457 e. The summed E-state index contributed by atoms with van der Waals surface area (Å²) in [6, 6.07) is 25.2. The predicted molar refractivity (Wildman–Crippen MR) is 113 cm³/mol. The Bertz CT molecular complexity index is 1100. The van der Waals surface area contributed by atoms with E-state index in [0.29, 0.717) is 6.42 Å². The quantitative estimate of drug-likeness (QED) is 0.497. The third-order valence-corrected chi connectivity index (χ3v) is 4.88. The fraction of sp³-hybridized carbons (Fsp3) is 0.125.